The van der Waals surface area contributed by atoms with Crippen molar-refractivity contribution in [2.24, 2.45) is 5.41 Å². The van der Waals surface area contributed by atoms with Crippen LogP contribution in [0.25, 0.3) is 0 Å². The Morgan fingerprint density at radius 1 is 1.62 bits per heavy atom. The normalized spacial score (nSPS) is 22.6. The van der Waals surface area contributed by atoms with Gasteiger partial charge in [0.25, 0.3) is 0 Å². The van der Waals surface area contributed by atoms with Crippen molar-refractivity contribution in [2.75, 3.05) is 19.6 Å². The van der Waals surface area contributed by atoms with Gasteiger partial charge < -0.3 is 5.11 Å². The van der Waals surface area contributed by atoms with E-state index in [0.717, 1.165) is 19.6 Å². The molecule has 0 unspecified atom stereocenters. The van der Waals surface area contributed by atoms with E-state index in [1.54, 1.807) is 6.08 Å². The Morgan fingerprint density at radius 2 is 2.31 bits per heavy atom. The van der Waals surface area contributed by atoms with Crippen LogP contribution < -0.4 is 0 Å². The van der Waals surface area contributed by atoms with Crippen LogP contribution in [0.3, 0.4) is 0 Å². The summed E-state index contributed by atoms with van der Waals surface area (Å²) in [6.07, 6.45) is 4.13. The zero-order valence-corrected chi connectivity index (χ0v) is 8.29. The van der Waals surface area contributed by atoms with Gasteiger partial charge in [0.2, 0.25) is 0 Å². The molecular formula is C10H17NO2. The Balaban J connectivity index is 2.29. The van der Waals surface area contributed by atoms with E-state index in [9.17, 15) is 4.79 Å². The topological polar surface area (TPSA) is 40.5 Å². The van der Waals surface area contributed by atoms with Crippen LogP contribution >= 0.6 is 0 Å². The summed E-state index contributed by atoms with van der Waals surface area (Å²) in [5.41, 5.74) is 0.400. The number of likely N-dealkylation sites (tertiary alicyclic amines) is 1. The maximum Gasteiger partial charge on any atom is 0.328 e. The van der Waals surface area contributed by atoms with Crippen molar-refractivity contribution in [3.63, 3.8) is 0 Å². The molecule has 0 radical (unpaired) electrons. The second kappa shape index (κ2) is 3.92. The van der Waals surface area contributed by atoms with E-state index >= 15 is 0 Å². The predicted octanol–water partition coefficient (Wildman–Crippen LogP) is 1.36. The molecule has 74 valence electrons. The molecule has 0 spiro atoms. The van der Waals surface area contributed by atoms with Gasteiger partial charge in [0, 0.05) is 19.2 Å². The molecular weight excluding hydrogens is 166 g/mol. The summed E-state index contributed by atoms with van der Waals surface area (Å²) in [6, 6.07) is 0. The van der Waals surface area contributed by atoms with Crippen molar-refractivity contribution < 1.29 is 9.90 Å². The van der Waals surface area contributed by atoms with E-state index in [1.807, 2.05) is 0 Å². The minimum atomic E-state index is -0.863. The Labute approximate surface area is 79.0 Å². The number of rotatable bonds is 3. The van der Waals surface area contributed by atoms with Gasteiger partial charge in [-0.2, -0.15) is 0 Å². The van der Waals surface area contributed by atoms with Crippen molar-refractivity contribution in [3.8, 4) is 0 Å². The molecule has 0 aromatic rings. The molecule has 3 nitrogen and oxygen atoms in total. The van der Waals surface area contributed by atoms with E-state index in [4.69, 9.17) is 5.11 Å². The Kier molecular flexibility index (Phi) is 3.09. The summed E-state index contributed by atoms with van der Waals surface area (Å²) in [4.78, 5) is 12.5. The fourth-order valence-electron chi connectivity index (χ4n) is 1.68. The van der Waals surface area contributed by atoms with Crippen LogP contribution in [-0.4, -0.2) is 35.6 Å². The molecule has 1 aliphatic rings. The first-order valence-corrected chi connectivity index (χ1v) is 4.61. The van der Waals surface area contributed by atoms with Crippen LogP contribution in [0.1, 0.15) is 20.3 Å². The van der Waals surface area contributed by atoms with Gasteiger partial charge in [0.1, 0.15) is 0 Å². The number of hydrogen-bond donors (Lipinski definition) is 1. The van der Waals surface area contributed by atoms with Crippen LogP contribution in [0, 0.1) is 5.41 Å². The van der Waals surface area contributed by atoms with Crippen LogP contribution in [0.2, 0.25) is 0 Å². The van der Waals surface area contributed by atoms with Crippen molar-refractivity contribution in [1.82, 2.24) is 4.90 Å². The van der Waals surface area contributed by atoms with Gasteiger partial charge in [0.15, 0.2) is 0 Å². The number of carbonyl (C=O) groups is 1. The summed E-state index contributed by atoms with van der Waals surface area (Å²) in [7, 11) is 0. The lowest BCUT2D eigenvalue weighted by Crippen LogP contribution is -2.23. The predicted molar refractivity (Wildman–Crippen MR) is 51.6 cm³/mol. The quantitative estimate of drug-likeness (QED) is 0.672. The summed E-state index contributed by atoms with van der Waals surface area (Å²) >= 11 is 0. The first kappa shape index (κ1) is 10.3. The fraction of sp³-hybridized carbons (Fsp3) is 0.700. The van der Waals surface area contributed by atoms with E-state index in [0.29, 0.717) is 5.41 Å². The summed E-state index contributed by atoms with van der Waals surface area (Å²) in [5.74, 6) is -0.863. The van der Waals surface area contributed by atoms with E-state index in [1.165, 1.54) is 12.5 Å². The van der Waals surface area contributed by atoms with Gasteiger partial charge in [-0.15, -0.1) is 0 Å². The second-order valence-corrected chi connectivity index (χ2v) is 4.39. The number of hydrogen-bond acceptors (Lipinski definition) is 2. The number of nitrogens with zero attached hydrogens (tertiary/aromatic N) is 1. The molecule has 0 aromatic carbocycles. The Bertz CT molecular complexity index is 221. The second-order valence-electron chi connectivity index (χ2n) is 4.39. The summed E-state index contributed by atoms with van der Waals surface area (Å²) < 4.78 is 0. The standard InChI is InChI=1S/C10H17NO2/c1-10(2)5-7-11(8-10)6-3-4-9(12)13/h3-4H,5-8H2,1-2H3,(H,12,13)/b4-3+. The molecule has 1 rings (SSSR count). The van der Waals surface area contributed by atoms with Crippen molar-refractivity contribution in [1.29, 1.82) is 0 Å². The molecule has 1 aliphatic heterocycles. The van der Waals surface area contributed by atoms with Gasteiger partial charge in [-0.3, -0.25) is 4.90 Å². The molecule has 1 N–H and O–H groups in total. The molecule has 0 aromatic heterocycles. The third-order valence-electron chi connectivity index (χ3n) is 2.38. The van der Waals surface area contributed by atoms with Crippen molar-refractivity contribution in [2.45, 2.75) is 20.3 Å². The molecule has 0 aliphatic carbocycles. The smallest absolute Gasteiger partial charge is 0.328 e. The van der Waals surface area contributed by atoms with E-state index in [-0.39, 0.29) is 0 Å². The molecule has 0 bridgehead atoms. The third-order valence-corrected chi connectivity index (χ3v) is 2.38. The number of aliphatic carboxylic acids is 1. The van der Waals surface area contributed by atoms with Crippen molar-refractivity contribution >= 4 is 5.97 Å². The van der Waals surface area contributed by atoms with E-state index in [2.05, 4.69) is 18.7 Å². The molecule has 0 amide bonds. The third kappa shape index (κ3) is 3.59. The molecule has 1 heterocycles. The van der Waals surface area contributed by atoms with E-state index < -0.39 is 5.97 Å². The maximum atomic E-state index is 10.2. The largest absolute Gasteiger partial charge is 0.478 e. The molecule has 13 heavy (non-hydrogen) atoms. The molecule has 0 atom stereocenters. The van der Waals surface area contributed by atoms with Crippen LogP contribution in [0.4, 0.5) is 0 Å². The SMILES string of the molecule is CC1(C)CCN(C/C=C/C(=O)O)C1. The van der Waals surface area contributed by atoms with Gasteiger partial charge in [0.05, 0.1) is 0 Å². The minimum Gasteiger partial charge on any atom is -0.478 e. The number of carboxylic acid groups (broad SMARTS) is 1. The highest BCUT2D eigenvalue weighted by Gasteiger charge is 2.27. The highest BCUT2D eigenvalue weighted by Crippen LogP contribution is 2.28. The fourth-order valence-corrected chi connectivity index (χ4v) is 1.68. The molecule has 1 saturated heterocycles. The Hall–Kier alpha value is -0.830. The lowest BCUT2D eigenvalue weighted by Gasteiger charge is -2.17. The maximum absolute atomic E-state index is 10.2. The first-order chi connectivity index (χ1) is 5.99. The Morgan fingerprint density at radius 3 is 2.77 bits per heavy atom. The zero-order chi connectivity index (χ0) is 9.90. The van der Waals surface area contributed by atoms with Gasteiger partial charge in [-0.05, 0) is 18.4 Å². The highest BCUT2D eigenvalue weighted by atomic mass is 16.4. The summed E-state index contributed by atoms with van der Waals surface area (Å²) in [5, 5.41) is 8.38. The van der Waals surface area contributed by atoms with Crippen LogP contribution in [0.5, 0.6) is 0 Å². The average molecular weight is 183 g/mol. The minimum absolute atomic E-state index is 0.400. The molecule has 3 heteroatoms. The lowest BCUT2D eigenvalue weighted by molar-refractivity contribution is -0.131. The zero-order valence-electron chi connectivity index (χ0n) is 8.29. The summed E-state index contributed by atoms with van der Waals surface area (Å²) in [6.45, 7) is 7.39. The van der Waals surface area contributed by atoms with Crippen molar-refractivity contribution in [3.05, 3.63) is 12.2 Å². The molecule has 0 saturated carbocycles. The van der Waals surface area contributed by atoms with Gasteiger partial charge in [-0.25, -0.2) is 4.79 Å². The monoisotopic (exact) mass is 183 g/mol. The highest BCUT2D eigenvalue weighted by molar-refractivity contribution is 5.79. The van der Waals surface area contributed by atoms with Gasteiger partial charge >= 0.3 is 5.97 Å². The lowest BCUT2D eigenvalue weighted by atomic mass is 9.93. The van der Waals surface area contributed by atoms with Crippen LogP contribution in [-0.2, 0) is 4.79 Å². The average Bonchev–Trinajstić information content (AvgIpc) is 2.29. The van der Waals surface area contributed by atoms with Gasteiger partial charge in [-0.1, -0.05) is 19.9 Å². The number of carboxylic acids is 1. The first-order valence-electron chi connectivity index (χ1n) is 4.61. The molecule has 1 fully saturated rings. The van der Waals surface area contributed by atoms with Crippen LogP contribution in [0.15, 0.2) is 12.2 Å².